The molecule has 0 aliphatic heterocycles. The number of benzene rings is 2. The van der Waals surface area contributed by atoms with E-state index in [0.29, 0.717) is 22.1 Å². The molecule has 3 aromatic rings. The van der Waals surface area contributed by atoms with Gasteiger partial charge in [-0.2, -0.15) is 0 Å². The highest BCUT2D eigenvalue weighted by Crippen LogP contribution is 2.17. The van der Waals surface area contributed by atoms with Gasteiger partial charge in [0.1, 0.15) is 11.4 Å². The molecule has 0 saturated carbocycles. The molecule has 24 heavy (non-hydrogen) atoms. The quantitative estimate of drug-likeness (QED) is 0.690. The van der Waals surface area contributed by atoms with Crippen LogP contribution in [0, 0.1) is 0 Å². The Kier molecular flexibility index (Phi) is 4.78. The highest BCUT2D eigenvalue weighted by molar-refractivity contribution is 9.10. The minimum absolute atomic E-state index is 0.0596. The highest BCUT2D eigenvalue weighted by atomic mass is 79.9. The molecule has 2 aromatic carbocycles. The van der Waals surface area contributed by atoms with Crippen molar-refractivity contribution in [2.24, 2.45) is 0 Å². The summed E-state index contributed by atoms with van der Waals surface area (Å²) in [5.74, 6) is -0.148. The molecule has 1 heterocycles. The normalized spacial score (nSPS) is 10.4. The fourth-order valence-electron chi connectivity index (χ4n) is 2.04. The molecule has 0 aliphatic rings. The van der Waals surface area contributed by atoms with Crippen molar-refractivity contribution in [2.75, 3.05) is 5.32 Å². The van der Waals surface area contributed by atoms with Crippen molar-refractivity contribution in [3.63, 3.8) is 0 Å². The van der Waals surface area contributed by atoms with E-state index in [-0.39, 0.29) is 5.56 Å². The molecule has 5 nitrogen and oxygen atoms in total. The Morgan fingerprint density at radius 3 is 2.38 bits per heavy atom. The Labute approximate surface area is 150 Å². The first-order valence-corrected chi connectivity index (χ1v) is 8.12. The Morgan fingerprint density at radius 2 is 1.75 bits per heavy atom. The van der Waals surface area contributed by atoms with Crippen LogP contribution in [0.3, 0.4) is 0 Å². The van der Waals surface area contributed by atoms with Gasteiger partial charge in [-0.3, -0.25) is 9.59 Å². The number of aromatic nitrogens is 2. The second-order valence-corrected chi connectivity index (χ2v) is 6.29. The van der Waals surface area contributed by atoms with Crippen molar-refractivity contribution in [2.45, 2.75) is 0 Å². The van der Waals surface area contributed by atoms with Crippen molar-refractivity contribution < 1.29 is 4.79 Å². The summed E-state index contributed by atoms with van der Waals surface area (Å²) in [4.78, 5) is 31.1. The number of carbonyl (C=O) groups excluding carboxylic acids is 1. The lowest BCUT2D eigenvalue weighted by molar-refractivity contribution is 0.102. The van der Waals surface area contributed by atoms with Gasteiger partial charge in [-0.15, -0.1) is 0 Å². The van der Waals surface area contributed by atoms with E-state index in [0.717, 1.165) is 4.47 Å². The van der Waals surface area contributed by atoms with Crippen LogP contribution < -0.4 is 10.9 Å². The topological polar surface area (TPSA) is 74.8 Å². The number of rotatable bonds is 3. The molecular formula is C17H11BrClN3O2. The number of carbonyl (C=O) groups is 1. The van der Waals surface area contributed by atoms with Gasteiger partial charge in [0.25, 0.3) is 11.5 Å². The Hall–Kier alpha value is -2.44. The summed E-state index contributed by atoms with van der Waals surface area (Å²) in [6, 6.07) is 13.9. The summed E-state index contributed by atoms with van der Waals surface area (Å²) in [5, 5.41) is 3.25. The SMILES string of the molecule is O=C(Nc1ccc(Br)cc1)c1cnc(-c2ccc(Cl)cc2)[nH]c1=O. The number of hydrogen-bond donors (Lipinski definition) is 2. The zero-order valence-electron chi connectivity index (χ0n) is 12.2. The lowest BCUT2D eigenvalue weighted by Gasteiger charge is -2.06. The number of anilines is 1. The van der Waals surface area contributed by atoms with Gasteiger partial charge in [-0.1, -0.05) is 27.5 Å². The van der Waals surface area contributed by atoms with E-state index in [9.17, 15) is 9.59 Å². The first kappa shape index (κ1) is 16.4. The van der Waals surface area contributed by atoms with E-state index < -0.39 is 11.5 Å². The summed E-state index contributed by atoms with van der Waals surface area (Å²) in [6.07, 6.45) is 1.26. The van der Waals surface area contributed by atoms with Crippen molar-refractivity contribution in [1.82, 2.24) is 9.97 Å². The fraction of sp³-hybridized carbons (Fsp3) is 0. The highest BCUT2D eigenvalue weighted by Gasteiger charge is 2.13. The predicted molar refractivity (Wildman–Crippen MR) is 97.4 cm³/mol. The van der Waals surface area contributed by atoms with Crippen LogP contribution in [0.2, 0.25) is 5.02 Å². The number of hydrogen-bond acceptors (Lipinski definition) is 3. The number of H-pyrrole nitrogens is 1. The van der Waals surface area contributed by atoms with Crippen LogP contribution >= 0.6 is 27.5 Å². The number of amides is 1. The molecule has 2 N–H and O–H groups in total. The summed E-state index contributed by atoms with van der Waals surface area (Å²) >= 11 is 9.15. The monoisotopic (exact) mass is 403 g/mol. The first-order valence-electron chi connectivity index (χ1n) is 6.95. The lowest BCUT2D eigenvalue weighted by atomic mass is 10.2. The van der Waals surface area contributed by atoms with Crippen LogP contribution in [0.5, 0.6) is 0 Å². The van der Waals surface area contributed by atoms with E-state index in [1.807, 2.05) is 0 Å². The Morgan fingerprint density at radius 1 is 1.08 bits per heavy atom. The minimum Gasteiger partial charge on any atom is -0.322 e. The minimum atomic E-state index is -0.520. The largest absolute Gasteiger partial charge is 0.322 e. The first-order chi connectivity index (χ1) is 11.5. The van der Waals surface area contributed by atoms with Crippen LogP contribution in [0.15, 0.2) is 64.0 Å². The van der Waals surface area contributed by atoms with Crippen molar-refractivity contribution >= 4 is 39.1 Å². The van der Waals surface area contributed by atoms with Gasteiger partial charge >= 0.3 is 0 Å². The fourth-order valence-corrected chi connectivity index (χ4v) is 2.43. The molecule has 120 valence electrons. The number of nitrogens with one attached hydrogen (secondary N) is 2. The summed E-state index contributed by atoms with van der Waals surface area (Å²) in [7, 11) is 0. The molecule has 0 spiro atoms. The Balaban J connectivity index is 1.84. The average molecular weight is 405 g/mol. The average Bonchev–Trinajstić information content (AvgIpc) is 2.57. The van der Waals surface area contributed by atoms with Crippen LogP contribution in [-0.2, 0) is 0 Å². The van der Waals surface area contributed by atoms with Crippen molar-refractivity contribution in [3.8, 4) is 11.4 Å². The van der Waals surface area contributed by atoms with Crippen LogP contribution in [-0.4, -0.2) is 15.9 Å². The number of nitrogens with zero attached hydrogens (tertiary/aromatic N) is 1. The van der Waals surface area contributed by atoms with Gasteiger partial charge in [0.2, 0.25) is 0 Å². The van der Waals surface area contributed by atoms with Gasteiger partial charge in [-0.25, -0.2) is 4.98 Å². The molecule has 7 heteroatoms. The third kappa shape index (κ3) is 3.72. The molecule has 0 radical (unpaired) electrons. The molecule has 0 saturated heterocycles. The van der Waals surface area contributed by atoms with E-state index in [2.05, 4.69) is 31.2 Å². The van der Waals surface area contributed by atoms with Crippen LogP contribution in [0.4, 0.5) is 5.69 Å². The molecule has 0 bridgehead atoms. The summed E-state index contributed by atoms with van der Waals surface area (Å²) in [6.45, 7) is 0. The van der Waals surface area contributed by atoms with Gasteiger partial charge in [-0.05, 0) is 48.5 Å². The zero-order chi connectivity index (χ0) is 17.1. The zero-order valence-corrected chi connectivity index (χ0v) is 14.6. The molecule has 1 aromatic heterocycles. The summed E-state index contributed by atoms with van der Waals surface area (Å²) in [5.41, 5.74) is 0.723. The van der Waals surface area contributed by atoms with Crippen molar-refractivity contribution in [3.05, 3.63) is 80.1 Å². The standard InChI is InChI=1S/C17H11BrClN3O2/c18-11-3-7-13(8-4-11)21-16(23)14-9-20-15(22-17(14)24)10-1-5-12(19)6-2-10/h1-9H,(H,21,23)(H,20,22,24). The lowest BCUT2D eigenvalue weighted by Crippen LogP contribution is -2.24. The van der Waals surface area contributed by atoms with Gasteiger partial charge in [0.15, 0.2) is 0 Å². The van der Waals surface area contributed by atoms with Gasteiger partial charge < -0.3 is 10.3 Å². The number of aromatic amines is 1. The predicted octanol–water partition coefficient (Wildman–Crippen LogP) is 4.11. The Bertz CT molecular complexity index is 937. The third-order valence-corrected chi connectivity index (χ3v) is 4.04. The maximum absolute atomic E-state index is 12.2. The molecule has 0 aliphatic carbocycles. The van der Waals surface area contributed by atoms with Gasteiger partial charge in [0, 0.05) is 26.9 Å². The van der Waals surface area contributed by atoms with Crippen LogP contribution in [0.1, 0.15) is 10.4 Å². The second-order valence-electron chi connectivity index (χ2n) is 4.94. The molecule has 3 rings (SSSR count). The van der Waals surface area contributed by atoms with E-state index in [4.69, 9.17) is 11.6 Å². The van der Waals surface area contributed by atoms with Crippen molar-refractivity contribution in [1.29, 1.82) is 0 Å². The molecule has 0 atom stereocenters. The van der Waals surface area contributed by atoms with E-state index in [1.54, 1.807) is 48.5 Å². The maximum Gasteiger partial charge on any atom is 0.264 e. The summed E-state index contributed by atoms with van der Waals surface area (Å²) < 4.78 is 0.896. The maximum atomic E-state index is 12.2. The second kappa shape index (κ2) is 6.98. The smallest absolute Gasteiger partial charge is 0.264 e. The number of halogens is 2. The van der Waals surface area contributed by atoms with E-state index >= 15 is 0 Å². The van der Waals surface area contributed by atoms with E-state index in [1.165, 1.54) is 6.20 Å². The molecule has 1 amide bonds. The molecular weight excluding hydrogens is 394 g/mol. The van der Waals surface area contributed by atoms with Crippen LogP contribution in [0.25, 0.3) is 11.4 Å². The third-order valence-electron chi connectivity index (χ3n) is 3.26. The molecule has 0 fully saturated rings. The van der Waals surface area contributed by atoms with Gasteiger partial charge in [0.05, 0.1) is 0 Å². The molecule has 0 unspecified atom stereocenters.